The first kappa shape index (κ1) is 14.6. The quantitative estimate of drug-likeness (QED) is 0.906. The fraction of sp³-hybridized carbons (Fsp3) is 0.562. The summed E-state index contributed by atoms with van der Waals surface area (Å²) in [6.07, 6.45) is 3.55. The van der Waals surface area contributed by atoms with E-state index in [0.717, 1.165) is 29.9 Å². The van der Waals surface area contributed by atoms with Gasteiger partial charge in [0, 0.05) is 11.5 Å². The number of aliphatic carboxylic acids is 1. The molecule has 0 aromatic heterocycles. The van der Waals surface area contributed by atoms with Gasteiger partial charge in [-0.05, 0) is 30.5 Å². The maximum Gasteiger partial charge on any atom is 0.314 e. The molecule has 0 spiro atoms. The molecule has 0 atom stereocenters. The Morgan fingerprint density at radius 3 is 2.52 bits per heavy atom. The first-order valence-electron chi connectivity index (χ1n) is 7.32. The molecule has 0 amide bonds. The van der Waals surface area contributed by atoms with E-state index < -0.39 is 11.4 Å². The number of thioether (sulfide) groups is 1. The van der Waals surface area contributed by atoms with Crippen molar-refractivity contribution in [3.8, 4) is 11.5 Å². The fourth-order valence-corrected chi connectivity index (χ4v) is 3.70. The molecule has 0 unspecified atom stereocenters. The number of ether oxygens (including phenoxy) is 2. The molecule has 1 saturated carbocycles. The Labute approximate surface area is 128 Å². The van der Waals surface area contributed by atoms with Crippen LogP contribution in [0.2, 0.25) is 0 Å². The van der Waals surface area contributed by atoms with Gasteiger partial charge in [0.2, 0.25) is 0 Å². The smallest absolute Gasteiger partial charge is 0.314 e. The molecular formula is C16H20O4S. The van der Waals surface area contributed by atoms with Crippen LogP contribution in [0.5, 0.6) is 11.5 Å². The summed E-state index contributed by atoms with van der Waals surface area (Å²) >= 11 is 1.85. The summed E-state index contributed by atoms with van der Waals surface area (Å²) < 4.78 is 11.3. The van der Waals surface area contributed by atoms with Gasteiger partial charge in [-0.15, -0.1) is 0 Å². The second kappa shape index (κ2) is 5.79. The van der Waals surface area contributed by atoms with Crippen molar-refractivity contribution in [1.29, 1.82) is 0 Å². The van der Waals surface area contributed by atoms with Crippen molar-refractivity contribution in [2.75, 3.05) is 18.6 Å². The Hall–Kier alpha value is -1.36. The van der Waals surface area contributed by atoms with Crippen molar-refractivity contribution in [3.05, 3.63) is 23.8 Å². The summed E-state index contributed by atoms with van der Waals surface area (Å²) in [5.74, 6) is 2.59. The summed E-state index contributed by atoms with van der Waals surface area (Å²) in [6.45, 7) is 0. The van der Waals surface area contributed by atoms with Crippen LogP contribution < -0.4 is 9.47 Å². The molecule has 1 aromatic rings. The molecule has 1 aromatic carbocycles. The second-order valence-corrected chi connectivity index (χ2v) is 6.81. The fourth-order valence-electron chi connectivity index (χ4n) is 3.13. The highest BCUT2D eigenvalue weighted by molar-refractivity contribution is 8.00. The minimum atomic E-state index is -0.751. The molecule has 1 heterocycles. The highest BCUT2D eigenvalue weighted by Gasteiger charge is 2.43. The van der Waals surface area contributed by atoms with E-state index in [2.05, 4.69) is 0 Å². The van der Waals surface area contributed by atoms with Gasteiger partial charge in [0.25, 0.3) is 0 Å². The van der Waals surface area contributed by atoms with Crippen LogP contribution in [0.4, 0.5) is 0 Å². The first-order chi connectivity index (χ1) is 10.2. The van der Waals surface area contributed by atoms with E-state index in [0.29, 0.717) is 24.3 Å². The van der Waals surface area contributed by atoms with Gasteiger partial charge < -0.3 is 14.6 Å². The van der Waals surface area contributed by atoms with Gasteiger partial charge in [-0.3, -0.25) is 4.79 Å². The Kier molecular flexibility index (Phi) is 4.02. The molecular weight excluding hydrogens is 288 g/mol. The summed E-state index contributed by atoms with van der Waals surface area (Å²) in [4.78, 5) is 11.8. The van der Waals surface area contributed by atoms with Crippen molar-refractivity contribution in [3.63, 3.8) is 0 Å². The maximum atomic E-state index is 11.8. The molecule has 114 valence electrons. The van der Waals surface area contributed by atoms with Gasteiger partial charge in [-0.1, -0.05) is 18.9 Å². The Balaban J connectivity index is 1.94. The third-order valence-corrected chi connectivity index (χ3v) is 5.70. The normalized spacial score (nSPS) is 20.8. The number of carboxylic acid groups (broad SMARTS) is 1. The largest absolute Gasteiger partial charge is 0.493 e. The summed E-state index contributed by atoms with van der Waals surface area (Å²) in [5.41, 5.74) is 0.0916. The highest BCUT2D eigenvalue weighted by Crippen LogP contribution is 2.44. The van der Waals surface area contributed by atoms with E-state index in [-0.39, 0.29) is 6.10 Å². The number of hydrogen-bond acceptors (Lipinski definition) is 4. The van der Waals surface area contributed by atoms with E-state index in [1.165, 1.54) is 0 Å². The molecule has 5 heteroatoms. The topological polar surface area (TPSA) is 55.8 Å². The number of rotatable bonds is 5. The van der Waals surface area contributed by atoms with Crippen LogP contribution in [0.3, 0.4) is 0 Å². The van der Waals surface area contributed by atoms with Crippen molar-refractivity contribution in [1.82, 2.24) is 0 Å². The minimum absolute atomic E-state index is 0.212. The van der Waals surface area contributed by atoms with Gasteiger partial charge in [0.15, 0.2) is 11.5 Å². The van der Waals surface area contributed by atoms with Crippen molar-refractivity contribution >= 4 is 17.7 Å². The summed E-state index contributed by atoms with van der Waals surface area (Å²) in [6, 6.07) is 5.58. The molecule has 21 heavy (non-hydrogen) atoms. The van der Waals surface area contributed by atoms with E-state index in [9.17, 15) is 9.90 Å². The lowest BCUT2D eigenvalue weighted by atomic mass is 9.79. The molecule has 1 aliphatic carbocycles. The van der Waals surface area contributed by atoms with Crippen LogP contribution in [0.15, 0.2) is 18.2 Å². The van der Waals surface area contributed by atoms with Crippen molar-refractivity contribution in [2.24, 2.45) is 0 Å². The zero-order chi connectivity index (χ0) is 14.9. The van der Waals surface area contributed by atoms with Gasteiger partial charge in [0.05, 0.1) is 12.5 Å². The van der Waals surface area contributed by atoms with Gasteiger partial charge in [0.1, 0.15) is 6.10 Å². The third kappa shape index (κ3) is 2.59. The lowest BCUT2D eigenvalue weighted by molar-refractivity contribution is -0.143. The zero-order valence-corrected chi connectivity index (χ0v) is 12.9. The van der Waals surface area contributed by atoms with Crippen LogP contribution in [-0.2, 0) is 10.2 Å². The number of methoxy groups -OCH3 is 1. The first-order valence-corrected chi connectivity index (χ1v) is 8.47. The van der Waals surface area contributed by atoms with E-state index >= 15 is 0 Å². The van der Waals surface area contributed by atoms with Crippen LogP contribution >= 0.6 is 11.8 Å². The van der Waals surface area contributed by atoms with Gasteiger partial charge in [-0.25, -0.2) is 0 Å². The number of carbonyl (C=O) groups is 1. The van der Waals surface area contributed by atoms with Crippen molar-refractivity contribution in [2.45, 2.75) is 37.2 Å². The van der Waals surface area contributed by atoms with Crippen LogP contribution in [0.25, 0.3) is 0 Å². The zero-order valence-electron chi connectivity index (χ0n) is 12.1. The minimum Gasteiger partial charge on any atom is -0.493 e. The Bertz CT molecular complexity index is 533. The second-order valence-electron chi connectivity index (χ2n) is 5.74. The molecule has 2 fully saturated rings. The van der Waals surface area contributed by atoms with Crippen LogP contribution in [0, 0.1) is 0 Å². The highest BCUT2D eigenvalue weighted by atomic mass is 32.2. The standard InChI is InChI=1S/C16H20O4S/c1-19-13-5-4-11(8-14(13)20-12-9-21-10-12)16(15(17)18)6-2-3-7-16/h4-5,8,12H,2-3,6-7,9-10H2,1H3,(H,17,18). The lowest BCUT2D eigenvalue weighted by Crippen LogP contribution is -2.33. The SMILES string of the molecule is COc1ccc(C2(C(=O)O)CCCC2)cc1OC1CSC1. The monoisotopic (exact) mass is 308 g/mol. The van der Waals surface area contributed by atoms with Gasteiger partial charge in [-0.2, -0.15) is 11.8 Å². The van der Waals surface area contributed by atoms with E-state index in [1.54, 1.807) is 7.11 Å². The predicted octanol–water partition coefficient (Wildman–Crippen LogP) is 3.09. The Morgan fingerprint density at radius 2 is 2.00 bits per heavy atom. The maximum absolute atomic E-state index is 11.8. The predicted molar refractivity (Wildman–Crippen MR) is 82.5 cm³/mol. The molecule has 3 rings (SSSR count). The molecule has 0 bridgehead atoms. The molecule has 1 saturated heterocycles. The van der Waals surface area contributed by atoms with Crippen LogP contribution in [0.1, 0.15) is 31.2 Å². The number of benzene rings is 1. The van der Waals surface area contributed by atoms with Crippen LogP contribution in [-0.4, -0.2) is 35.8 Å². The molecule has 0 radical (unpaired) electrons. The summed E-state index contributed by atoms with van der Waals surface area (Å²) in [5, 5.41) is 9.70. The average molecular weight is 308 g/mol. The average Bonchev–Trinajstić information content (AvgIpc) is 2.93. The van der Waals surface area contributed by atoms with E-state index in [4.69, 9.17) is 9.47 Å². The van der Waals surface area contributed by atoms with E-state index in [1.807, 2.05) is 30.0 Å². The molecule has 2 aliphatic rings. The molecule has 4 nitrogen and oxygen atoms in total. The Morgan fingerprint density at radius 1 is 1.29 bits per heavy atom. The van der Waals surface area contributed by atoms with Crippen molar-refractivity contribution < 1.29 is 19.4 Å². The molecule has 1 N–H and O–H groups in total. The third-order valence-electron chi connectivity index (χ3n) is 4.48. The summed E-state index contributed by atoms with van der Waals surface area (Å²) in [7, 11) is 1.61. The van der Waals surface area contributed by atoms with Gasteiger partial charge >= 0.3 is 5.97 Å². The lowest BCUT2D eigenvalue weighted by Gasteiger charge is -2.29. The number of hydrogen-bond donors (Lipinski definition) is 1. The number of carboxylic acids is 1. The molecule has 1 aliphatic heterocycles.